The Morgan fingerprint density at radius 2 is 1.30 bits per heavy atom. The van der Waals surface area contributed by atoms with Gasteiger partial charge in [0.2, 0.25) is 0 Å². The van der Waals surface area contributed by atoms with E-state index >= 15 is 0 Å². The molecule has 3 atom stereocenters. The second-order valence-electron chi connectivity index (χ2n) is 8.00. The fraction of sp³-hybridized carbons (Fsp3) is 0.308. The van der Waals surface area contributed by atoms with Crippen molar-refractivity contribution < 1.29 is 26.8 Å². The highest BCUT2D eigenvalue weighted by atomic mass is 32.2. The minimum Gasteiger partial charge on any atom is -0.358 e. The van der Waals surface area contributed by atoms with Crippen LogP contribution in [0.15, 0.2) is 91.0 Å². The van der Waals surface area contributed by atoms with Gasteiger partial charge in [0, 0.05) is 13.5 Å². The number of rotatable bonds is 9. The quantitative estimate of drug-likeness (QED) is 0.348. The highest BCUT2D eigenvalue weighted by Crippen LogP contribution is 2.41. The number of benzene rings is 3. The smallest absolute Gasteiger partial charge is 0.264 e. The predicted molar refractivity (Wildman–Crippen MR) is 125 cm³/mol. The monoisotopic (exact) mass is 468 g/mol. The Bertz CT molecular complexity index is 1020. The molecule has 0 aliphatic carbocycles. The van der Waals surface area contributed by atoms with Crippen molar-refractivity contribution in [2.45, 2.75) is 30.5 Å². The lowest BCUT2D eigenvalue weighted by Gasteiger charge is -2.37. The molecule has 0 saturated carbocycles. The first-order valence-electron chi connectivity index (χ1n) is 10.8. The molecule has 3 aromatic carbocycles. The maximum absolute atomic E-state index is 11.8. The van der Waals surface area contributed by atoms with Crippen LogP contribution in [0.5, 0.6) is 0 Å². The molecule has 0 bridgehead atoms. The molecule has 6 nitrogen and oxygen atoms in total. The normalized spacial score (nSPS) is 21.2. The molecule has 1 aliphatic heterocycles. The van der Waals surface area contributed by atoms with Crippen LogP contribution in [0.3, 0.4) is 0 Å². The van der Waals surface area contributed by atoms with Crippen LogP contribution >= 0.6 is 0 Å². The topological polar surface area (TPSA) is 71.1 Å². The van der Waals surface area contributed by atoms with Crippen molar-refractivity contribution in [2.75, 3.05) is 20.0 Å². The van der Waals surface area contributed by atoms with Crippen LogP contribution < -0.4 is 0 Å². The molecule has 1 unspecified atom stereocenters. The van der Waals surface area contributed by atoms with Crippen LogP contribution in [-0.2, 0) is 34.1 Å². The SMILES string of the molecule is COC1C[C@H](OS(C)(=O)=O)[C@@H](COC(c2ccccc2)(c2ccccc2)c2ccccc2)O1. The summed E-state index contributed by atoms with van der Waals surface area (Å²) >= 11 is 0. The third kappa shape index (κ3) is 5.34. The van der Waals surface area contributed by atoms with E-state index in [9.17, 15) is 8.42 Å². The van der Waals surface area contributed by atoms with Crippen molar-refractivity contribution in [3.63, 3.8) is 0 Å². The van der Waals surface area contributed by atoms with Crippen LogP contribution in [0, 0.1) is 0 Å². The molecule has 4 rings (SSSR count). The van der Waals surface area contributed by atoms with Crippen LogP contribution in [0.4, 0.5) is 0 Å². The molecule has 0 N–H and O–H groups in total. The zero-order valence-corrected chi connectivity index (χ0v) is 19.5. The van der Waals surface area contributed by atoms with Crippen LogP contribution in [-0.4, -0.2) is 46.9 Å². The lowest BCUT2D eigenvalue weighted by atomic mass is 9.80. The van der Waals surface area contributed by atoms with Gasteiger partial charge < -0.3 is 14.2 Å². The van der Waals surface area contributed by atoms with Gasteiger partial charge in [-0.05, 0) is 16.7 Å². The molecule has 0 amide bonds. The summed E-state index contributed by atoms with van der Waals surface area (Å²) in [5, 5.41) is 0. The lowest BCUT2D eigenvalue weighted by molar-refractivity contribution is -0.143. The zero-order valence-electron chi connectivity index (χ0n) is 18.7. The van der Waals surface area contributed by atoms with Crippen LogP contribution in [0.2, 0.25) is 0 Å². The molecule has 0 aromatic heterocycles. The molecule has 3 aromatic rings. The Morgan fingerprint density at radius 1 is 0.848 bits per heavy atom. The molecule has 174 valence electrons. The average Bonchev–Trinajstić information content (AvgIpc) is 3.22. The lowest BCUT2D eigenvalue weighted by Crippen LogP contribution is -2.39. The van der Waals surface area contributed by atoms with Crippen LogP contribution in [0.25, 0.3) is 0 Å². The number of methoxy groups -OCH3 is 1. The summed E-state index contributed by atoms with van der Waals surface area (Å²) in [5.41, 5.74) is 1.91. The fourth-order valence-corrected chi connectivity index (χ4v) is 4.93. The Balaban J connectivity index is 1.76. The van der Waals surface area contributed by atoms with E-state index in [1.165, 1.54) is 7.11 Å². The molecular weight excluding hydrogens is 440 g/mol. The first kappa shape index (κ1) is 23.6. The van der Waals surface area contributed by atoms with Crippen molar-refractivity contribution in [1.82, 2.24) is 0 Å². The molecular formula is C26H28O6S. The first-order valence-corrected chi connectivity index (χ1v) is 12.6. The molecule has 1 aliphatic rings. The Morgan fingerprint density at radius 3 is 1.70 bits per heavy atom. The van der Waals surface area contributed by atoms with E-state index in [4.69, 9.17) is 18.4 Å². The highest BCUT2D eigenvalue weighted by Gasteiger charge is 2.43. The minimum absolute atomic E-state index is 0.0960. The van der Waals surface area contributed by atoms with Gasteiger partial charge in [-0.2, -0.15) is 8.42 Å². The summed E-state index contributed by atoms with van der Waals surface area (Å²) in [7, 11) is -2.15. The summed E-state index contributed by atoms with van der Waals surface area (Å²) in [6.07, 6.45) is -0.560. The number of ether oxygens (including phenoxy) is 3. The van der Waals surface area contributed by atoms with E-state index < -0.39 is 34.2 Å². The van der Waals surface area contributed by atoms with Gasteiger partial charge in [-0.1, -0.05) is 91.0 Å². The third-order valence-electron chi connectivity index (χ3n) is 5.73. The van der Waals surface area contributed by atoms with Crippen molar-refractivity contribution in [2.24, 2.45) is 0 Å². The Hall–Kier alpha value is -2.55. The maximum atomic E-state index is 11.8. The number of hydrogen-bond donors (Lipinski definition) is 0. The fourth-order valence-electron chi connectivity index (χ4n) is 4.28. The minimum atomic E-state index is -3.67. The maximum Gasteiger partial charge on any atom is 0.264 e. The van der Waals surface area contributed by atoms with Crippen LogP contribution in [0.1, 0.15) is 23.1 Å². The van der Waals surface area contributed by atoms with Crippen molar-refractivity contribution in [1.29, 1.82) is 0 Å². The molecule has 0 radical (unpaired) electrons. The van der Waals surface area contributed by atoms with Gasteiger partial charge in [-0.15, -0.1) is 0 Å². The van der Waals surface area contributed by atoms with E-state index in [2.05, 4.69) is 0 Å². The summed E-state index contributed by atoms with van der Waals surface area (Å²) < 4.78 is 47.0. The van der Waals surface area contributed by atoms with Gasteiger partial charge >= 0.3 is 0 Å². The Labute approximate surface area is 195 Å². The molecule has 1 fully saturated rings. The van der Waals surface area contributed by atoms with Gasteiger partial charge in [0.25, 0.3) is 10.1 Å². The van der Waals surface area contributed by atoms with Gasteiger partial charge in [0.05, 0.1) is 12.9 Å². The average molecular weight is 469 g/mol. The summed E-state index contributed by atoms with van der Waals surface area (Å²) in [5.74, 6) is 0. The first-order chi connectivity index (χ1) is 15.9. The molecule has 0 spiro atoms. The predicted octanol–water partition coefficient (Wildman–Crippen LogP) is 4.10. The molecule has 33 heavy (non-hydrogen) atoms. The van der Waals surface area contributed by atoms with E-state index in [0.29, 0.717) is 6.42 Å². The summed E-state index contributed by atoms with van der Waals surface area (Å²) in [4.78, 5) is 0. The standard InChI is InChI=1S/C26H28O6S/c1-29-25-18-23(32-33(2,27)28)24(31-25)19-30-26(20-12-6-3-7-13-20,21-14-8-4-9-15-21)22-16-10-5-11-17-22/h3-17,23-25H,18-19H2,1-2H3/t23-,24+,25?/m0/s1. The van der Waals surface area contributed by atoms with E-state index in [0.717, 1.165) is 22.9 Å². The molecule has 7 heteroatoms. The van der Waals surface area contributed by atoms with E-state index in [1.54, 1.807) is 0 Å². The highest BCUT2D eigenvalue weighted by molar-refractivity contribution is 7.86. The van der Waals surface area contributed by atoms with E-state index in [-0.39, 0.29) is 6.61 Å². The van der Waals surface area contributed by atoms with Gasteiger partial charge in [-0.3, -0.25) is 4.18 Å². The zero-order chi connectivity index (χ0) is 23.3. The Kier molecular flexibility index (Phi) is 7.26. The summed E-state index contributed by atoms with van der Waals surface area (Å²) in [6, 6.07) is 29.9. The second kappa shape index (κ2) is 10.2. The largest absolute Gasteiger partial charge is 0.358 e. The second-order valence-corrected chi connectivity index (χ2v) is 9.61. The van der Waals surface area contributed by atoms with Gasteiger partial charge in [0.1, 0.15) is 17.8 Å². The van der Waals surface area contributed by atoms with Gasteiger partial charge in [0.15, 0.2) is 6.29 Å². The molecule has 1 heterocycles. The van der Waals surface area contributed by atoms with Crippen molar-refractivity contribution >= 4 is 10.1 Å². The van der Waals surface area contributed by atoms with E-state index in [1.807, 2.05) is 91.0 Å². The van der Waals surface area contributed by atoms with Crippen molar-refractivity contribution in [3.8, 4) is 0 Å². The number of hydrogen-bond acceptors (Lipinski definition) is 6. The van der Waals surface area contributed by atoms with Gasteiger partial charge in [-0.25, -0.2) is 0 Å². The molecule has 1 saturated heterocycles. The van der Waals surface area contributed by atoms with Crippen molar-refractivity contribution in [3.05, 3.63) is 108 Å². The third-order valence-corrected chi connectivity index (χ3v) is 6.33. The summed E-state index contributed by atoms with van der Waals surface area (Å²) in [6.45, 7) is 0.0960.